The van der Waals surface area contributed by atoms with Gasteiger partial charge in [0.05, 0.1) is 5.25 Å². The lowest BCUT2D eigenvalue weighted by Gasteiger charge is -2.23. The molecule has 0 aromatic heterocycles. The van der Waals surface area contributed by atoms with E-state index in [1.165, 1.54) is 0 Å². The molecule has 1 saturated carbocycles. The third-order valence-electron chi connectivity index (χ3n) is 3.60. The molecule has 18 heavy (non-hydrogen) atoms. The molecule has 106 valence electrons. The highest BCUT2D eigenvalue weighted by atomic mass is 32.2. The number of aliphatic carboxylic acids is 1. The Morgan fingerprint density at radius 3 is 2.44 bits per heavy atom. The number of nitrogens with one attached hydrogen (secondary N) is 1. The second-order valence-electron chi connectivity index (χ2n) is 5.03. The smallest absolute Gasteiger partial charge is 0.303 e. The molecule has 0 saturated heterocycles. The summed E-state index contributed by atoms with van der Waals surface area (Å²) in [5, 5.41) is 8.43. The first-order valence-electron chi connectivity index (χ1n) is 6.66. The maximum atomic E-state index is 12.0. The molecule has 0 amide bonds. The summed E-state index contributed by atoms with van der Waals surface area (Å²) in [5.41, 5.74) is 0. The van der Waals surface area contributed by atoms with E-state index in [9.17, 15) is 13.2 Å². The number of hydrogen-bond donors (Lipinski definition) is 2. The van der Waals surface area contributed by atoms with E-state index in [4.69, 9.17) is 5.11 Å². The zero-order valence-corrected chi connectivity index (χ0v) is 11.7. The summed E-state index contributed by atoms with van der Waals surface area (Å²) in [7, 11) is -3.27. The topological polar surface area (TPSA) is 83.5 Å². The molecule has 1 atom stereocenters. The lowest BCUT2D eigenvalue weighted by molar-refractivity contribution is -0.138. The lowest BCUT2D eigenvalue weighted by atomic mass is 10.0. The predicted octanol–water partition coefficient (Wildman–Crippen LogP) is 1.74. The van der Waals surface area contributed by atoms with Gasteiger partial charge in [-0.1, -0.05) is 32.6 Å². The highest BCUT2D eigenvalue weighted by Crippen LogP contribution is 2.23. The molecule has 1 aliphatic carbocycles. The van der Waals surface area contributed by atoms with Gasteiger partial charge in [0.1, 0.15) is 0 Å². The normalized spacial score (nSPS) is 19.6. The van der Waals surface area contributed by atoms with Crippen LogP contribution in [0.25, 0.3) is 0 Å². The monoisotopic (exact) mass is 277 g/mol. The van der Waals surface area contributed by atoms with Crippen molar-refractivity contribution in [3.63, 3.8) is 0 Å². The van der Waals surface area contributed by atoms with E-state index in [2.05, 4.69) is 4.72 Å². The molecule has 0 aromatic carbocycles. The van der Waals surface area contributed by atoms with Crippen molar-refractivity contribution in [3.05, 3.63) is 0 Å². The van der Waals surface area contributed by atoms with Crippen LogP contribution >= 0.6 is 0 Å². The third-order valence-corrected chi connectivity index (χ3v) is 5.52. The average Bonchev–Trinajstić information content (AvgIpc) is 2.35. The second kappa shape index (κ2) is 7.09. The highest BCUT2D eigenvalue weighted by Gasteiger charge is 2.27. The SMILES string of the molecule is CCC(CNS(=O)(=O)C1CCCCC1)CC(=O)O. The molecule has 2 N–H and O–H groups in total. The van der Waals surface area contributed by atoms with Gasteiger partial charge in [0.2, 0.25) is 10.0 Å². The largest absolute Gasteiger partial charge is 0.481 e. The Balaban J connectivity index is 2.46. The maximum absolute atomic E-state index is 12.0. The van der Waals surface area contributed by atoms with Crippen LogP contribution in [0, 0.1) is 5.92 Å². The van der Waals surface area contributed by atoms with Gasteiger partial charge in [-0.25, -0.2) is 13.1 Å². The summed E-state index contributed by atoms with van der Waals surface area (Å²) in [6.07, 6.45) is 5.19. The number of hydrogen-bond acceptors (Lipinski definition) is 3. The molecule has 0 aromatic rings. The second-order valence-corrected chi connectivity index (χ2v) is 7.07. The van der Waals surface area contributed by atoms with Crippen molar-refractivity contribution in [1.82, 2.24) is 4.72 Å². The Kier molecular flexibility index (Phi) is 6.08. The number of carboxylic acids is 1. The van der Waals surface area contributed by atoms with Crippen LogP contribution in [-0.2, 0) is 14.8 Å². The average molecular weight is 277 g/mol. The first-order chi connectivity index (χ1) is 8.45. The van der Waals surface area contributed by atoms with Gasteiger partial charge in [-0.15, -0.1) is 0 Å². The minimum absolute atomic E-state index is 0.0175. The molecule has 6 heteroatoms. The summed E-state index contributed by atoms with van der Waals surface area (Å²) < 4.78 is 26.7. The number of rotatable bonds is 7. The summed E-state index contributed by atoms with van der Waals surface area (Å²) in [6.45, 7) is 2.12. The lowest BCUT2D eigenvalue weighted by Crippen LogP contribution is -2.38. The fourth-order valence-electron chi connectivity index (χ4n) is 2.34. The van der Waals surface area contributed by atoms with Gasteiger partial charge in [-0.05, 0) is 18.8 Å². The molecule has 1 aliphatic rings. The molecule has 1 fully saturated rings. The Bertz CT molecular complexity index is 360. The molecule has 0 spiro atoms. The Morgan fingerprint density at radius 1 is 1.33 bits per heavy atom. The first-order valence-corrected chi connectivity index (χ1v) is 8.20. The fourth-order valence-corrected chi connectivity index (χ4v) is 3.99. The van der Waals surface area contributed by atoms with Gasteiger partial charge in [-0.3, -0.25) is 4.79 Å². The van der Waals surface area contributed by atoms with Crippen molar-refractivity contribution >= 4 is 16.0 Å². The number of carboxylic acid groups (broad SMARTS) is 1. The minimum Gasteiger partial charge on any atom is -0.481 e. The van der Waals surface area contributed by atoms with Crippen LogP contribution in [-0.4, -0.2) is 31.3 Å². The van der Waals surface area contributed by atoms with Crippen LogP contribution in [0.2, 0.25) is 0 Å². The molecule has 0 aliphatic heterocycles. The first kappa shape index (κ1) is 15.4. The molecule has 0 heterocycles. The zero-order chi connectivity index (χ0) is 13.6. The van der Waals surface area contributed by atoms with Gasteiger partial charge in [0, 0.05) is 13.0 Å². The van der Waals surface area contributed by atoms with Crippen LogP contribution in [0.1, 0.15) is 51.9 Å². The van der Waals surface area contributed by atoms with Gasteiger partial charge in [0.15, 0.2) is 0 Å². The molecular formula is C12H23NO4S. The van der Waals surface area contributed by atoms with E-state index in [0.29, 0.717) is 6.42 Å². The van der Waals surface area contributed by atoms with Crippen molar-refractivity contribution in [1.29, 1.82) is 0 Å². The highest BCUT2D eigenvalue weighted by molar-refractivity contribution is 7.90. The van der Waals surface area contributed by atoms with Crippen LogP contribution in [0.15, 0.2) is 0 Å². The van der Waals surface area contributed by atoms with E-state index in [1.54, 1.807) is 0 Å². The quantitative estimate of drug-likeness (QED) is 0.742. The fraction of sp³-hybridized carbons (Fsp3) is 0.917. The summed E-state index contributed by atoms with van der Waals surface area (Å²) in [6, 6.07) is 0. The van der Waals surface area contributed by atoms with Crippen LogP contribution in [0.3, 0.4) is 0 Å². The molecular weight excluding hydrogens is 254 g/mol. The van der Waals surface area contributed by atoms with Gasteiger partial charge < -0.3 is 5.11 Å². The van der Waals surface area contributed by atoms with Gasteiger partial charge >= 0.3 is 5.97 Å². The van der Waals surface area contributed by atoms with Crippen LogP contribution < -0.4 is 4.72 Å². The summed E-state index contributed by atoms with van der Waals surface area (Å²) >= 11 is 0. The Labute approximate surface area is 109 Å². The van der Waals surface area contributed by atoms with Crippen molar-refractivity contribution < 1.29 is 18.3 Å². The molecule has 0 bridgehead atoms. The number of sulfonamides is 1. The predicted molar refractivity (Wildman–Crippen MR) is 69.8 cm³/mol. The van der Waals surface area contributed by atoms with Crippen molar-refractivity contribution in [2.24, 2.45) is 5.92 Å². The van der Waals surface area contributed by atoms with Crippen molar-refractivity contribution in [2.75, 3.05) is 6.54 Å². The summed E-state index contributed by atoms with van der Waals surface area (Å²) in [4.78, 5) is 10.6. The third kappa shape index (κ3) is 4.94. The Hall–Kier alpha value is -0.620. The van der Waals surface area contributed by atoms with Crippen molar-refractivity contribution in [3.8, 4) is 0 Å². The van der Waals surface area contributed by atoms with Crippen molar-refractivity contribution in [2.45, 2.75) is 57.1 Å². The Morgan fingerprint density at radius 2 is 1.94 bits per heavy atom. The van der Waals surface area contributed by atoms with Gasteiger partial charge in [0.25, 0.3) is 0 Å². The number of carbonyl (C=O) groups is 1. The van der Waals surface area contributed by atoms with Crippen LogP contribution in [0.4, 0.5) is 0 Å². The van der Waals surface area contributed by atoms with Gasteiger partial charge in [-0.2, -0.15) is 0 Å². The zero-order valence-electron chi connectivity index (χ0n) is 10.9. The van der Waals surface area contributed by atoms with E-state index >= 15 is 0 Å². The van der Waals surface area contributed by atoms with Crippen LogP contribution in [0.5, 0.6) is 0 Å². The van der Waals surface area contributed by atoms with E-state index < -0.39 is 16.0 Å². The maximum Gasteiger partial charge on any atom is 0.303 e. The molecule has 1 unspecified atom stereocenters. The molecule has 5 nitrogen and oxygen atoms in total. The minimum atomic E-state index is -3.27. The van der Waals surface area contributed by atoms with E-state index in [0.717, 1.165) is 32.1 Å². The van der Waals surface area contributed by atoms with E-state index in [-0.39, 0.29) is 24.1 Å². The standard InChI is InChI=1S/C12H23NO4S/c1-2-10(8-12(14)15)9-13-18(16,17)11-6-4-3-5-7-11/h10-11,13H,2-9H2,1H3,(H,14,15). The van der Waals surface area contributed by atoms with E-state index in [1.807, 2.05) is 6.92 Å². The molecule has 0 radical (unpaired) electrons. The molecule has 1 rings (SSSR count). The summed E-state index contributed by atoms with van der Waals surface area (Å²) in [5.74, 6) is -1.00.